The Morgan fingerprint density at radius 1 is 1.14 bits per heavy atom. The Bertz CT molecular complexity index is 638. The van der Waals surface area contributed by atoms with Crippen LogP contribution in [0.1, 0.15) is 28.3 Å². The Morgan fingerprint density at radius 3 is 2.48 bits per heavy atom. The molecule has 0 heterocycles. The quantitative estimate of drug-likeness (QED) is 0.819. The van der Waals surface area contributed by atoms with E-state index in [2.05, 4.69) is 15.9 Å². The van der Waals surface area contributed by atoms with Crippen molar-refractivity contribution in [3.63, 3.8) is 0 Å². The maximum Gasteiger partial charge on any atom is 0.416 e. The molecule has 2 aromatic rings. The Hall–Kier alpha value is -1.33. The van der Waals surface area contributed by atoms with E-state index in [0.717, 1.165) is 27.7 Å². The average Bonchev–Trinajstić information content (AvgIpc) is 2.37. The molecule has 1 atom stereocenters. The Morgan fingerprint density at radius 2 is 1.86 bits per heavy atom. The number of rotatable bonds is 3. The Kier molecular flexibility index (Phi) is 4.74. The van der Waals surface area contributed by atoms with Crippen LogP contribution < -0.4 is 5.73 Å². The molecule has 112 valence electrons. The molecule has 0 aliphatic carbocycles. The summed E-state index contributed by atoms with van der Waals surface area (Å²) in [4.78, 5) is 0. The minimum atomic E-state index is -4.33. The number of halogens is 4. The summed E-state index contributed by atoms with van der Waals surface area (Å²) >= 11 is 3.45. The van der Waals surface area contributed by atoms with Crippen LogP contribution in [0.4, 0.5) is 13.2 Å². The highest BCUT2D eigenvalue weighted by Gasteiger charge is 2.30. The summed E-state index contributed by atoms with van der Waals surface area (Å²) in [5, 5.41) is 0. The minimum Gasteiger partial charge on any atom is -0.324 e. The molecule has 0 amide bonds. The molecule has 2 rings (SSSR count). The monoisotopic (exact) mass is 357 g/mol. The molecular formula is C16H15BrF3N. The van der Waals surface area contributed by atoms with Gasteiger partial charge in [-0.25, -0.2) is 0 Å². The maximum absolute atomic E-state index is 12.7. The zero-order chi connectivity index (χ0) is 15.6. The van der Waals surface area contributed by atoms with Gasteiger partial charge < -0.3 is 5.73 Å². The van der Waals surface area contributed by atoms with Gasteiger partial charge in [0.05, 0.1) is 5.56 Å². The highest BCUT2D eigenvalue weighted by atomic mass is 79.9. The summed E-state index contributed by atoms with van der Waals surface area (Å²) in [6.45, 7) is 1.97. The molecule has 0 bridgehead atoms. The minimum absolute atomic E-state index is 0.353. The summed E-state index contributed by atoms with van der Waals surface area (Å²) in [5.74, 6) is 0. The molecule has 0 aromatic heterocycles. The summed E-state index contributed by atoms with van der Waals surface area (Å²) in [6, 6.07) is 10.7. The van der Waals surface area contributed by atoms with Gasteiger partial charge in [-0.3, -0.25) is 0 Å². The molecule has 0 saturated heterocycles. The molecule has 21 heavy (non-hydrogen) atoms. The van der Waals surface area contributed by atoms with E-state index in [1.807, 2.05) is 25.1 Å². The third kappa shape index (κ3) is 4.08. The highest BCUT2D eigenvalue weighted by Crippen LogP contribution is 2.31. The van der Waals surface area contributed by atoms with Crippen LogP contribution in [-0.2, 0) is 12.6 Å². The first kappa shape index (κ1) is 16.0. The van der Waals surface area contributed by atoms with E-state index in [1.165, 1.54) is 6.07 Å². The van der Waals surface area contributed by atoms with Crippen LogP contribution >= 0.6 is 15.9 Å². The van der Waals surface area contributed by atoms with Crippen molar-refractivity contribution in [1.29, 1.82) is 0 Å². The van der Waals surface area contributed by atoms with E-state index in [0.29, 0.717) is 12.0 Å². The highest BCUT2D eigenvalue weighted by molar-refractivity contribution is 9.10. The standard InChI is InChI=1S/C16H15BrF3N/c1-10-5-6-13(14(17)7-10)15(21)9-11-3-2-4-12(8-11)16(18,19)20/h2-8,15H,9,21H2,1H3. The van der Waals surface area contributed by atoms with Crippen LogP contribution in [0.25, 0.3) is 0 Å². The molecule has 5 heteroatoms. The van der Waals surface area contributed by atoms with E-state index in [-0.39, 0.29) is 6.04 Å². The van der Waals surface area contributed by atoms with Gasteiger partial charge in [-0.1, -0.05) is 46.3 Å². The topological polar surface area (TPSA) is 26.0 Å². The summed E-state index contributed by atoms with van der Waals surface area (Å²) < 4.78 is 39.0. The lowest BCUT2D eigenvalue weighted by atomic mass is 9.97. The number of alkyl halides is 3. The first-order valence-electron chi connectivity index (χ1n) is 6.45. The number of hydrogen-bond donors (Lipinski definition) is 1. The molecule has 1 unspecified atom stereocenters. The van der Waals surface area contributed by atoms with Gasteiger partial charge in [-0.15, -0.1) is 0 Å². The molecule has 2 N–H and O–H groups in total. The molecule has 2 aromatic carbocycles. The number of nitrogens with two attached hydrogens (primary N) is 1. The van der Waals surface area contributed by atoms with Gasteiger partial charge in [-0.2, -0.15) is 13.2 Å². The fraction of sp³-hybridized carbons (Fsp3) is 0.250. The van der Waals surface area contributed by atoms with Crippen LogP contribution in [0.3, 0.4) is 0 Å². The van der Waals surface area contributed by atoms with E-state index >= 15 is 0 Å². The first-order valence-corrected chi connectivity index (χ1v) is 7.24. The summed E-state index contributed by atoms with van der Waals surface area (Å²) in [7, 11) is 0. The summed E-state index contributed by atoms with van der Waals surface area (Å²) in [6.07, 6.45) is -3.98. The number of aryl methyl sites for hydroxylation is 1. The van der Waals surface area contributed by atoms with Crippen LogP contribution in [0, 0.1) is 6.92 Å². The molecule has 0 spiro atoms. The smallest absolute Gasteiger partial charge is 0.324 e. The van der Waals surface area contributed by atoms with Gasteiger partial charge in [0.15, 0.2) is 0 Å². The molecule has 0 aliphatic heterocycles. The van der Waals surface area contributed by atoms with Crippen molar-refractivity contribution in [3.05, 3.63) is 69.2 Å². The van der Waals surface area contributed by atoms with Crippen molar-refractivity contribution in [1.82, 2.24) is 0 Å². The van der Waals surface area contributed by atoms with Gasteiger partial charge in [0.1, 0.15) is 0 Å². The van der Waals surface area contributed by atoms with Crippen LogP contribution in [0.2, 0.25) is 0 Å². The fourth-order valence-electron chi connectivity index (χ4n) is 2.17. The SMILES string of the molecule is Cc1ccc(C(N)Cc2cccc(C(F)(F)F)c2)c(Br)c1. The molecule has 1 nitrogen and oxygen atoms in total. The third-order valence-electron chi connectivity index (χ3n) is 3.27. The van der Waals surface area contributed by atoms with E-state index in [9.17, 15) is 13.2 Å². The molecular weight excluding hydrogens is 343 g/mol. The van der Waals surface area contributed by atoms with E-state index in [1.54, 1.807) is 6.07 Å². The number of benzene rings is 2. The predicted molar refractivity (Wildman–Crippen MR) is 81.0 cm³/mol. The van der Waals surface area contributed by atoms with Crippen LogP contribution in [0.15, 0.2) is 46.9 Å². The van der Waals surface area contributed by atoms with Crippen molar-refractivity contribution in [2.75, 3.05) is 0 Å². The maximum atomic E-state index is 12.7. The van der Waals surface area contributed by atoms with Crippen LogP contribution in [-0.4, -0.2) is 0 Å². The van der Waals surface area contributed by atoms with Gasteiger partial charge >= 0.3 is 6.18 Å². The molecule has 0 fully saturated rings. The normalized spacial score (nSPS) is 13.2. The van der Waals surface area contributed by atoms with Crippen molar-refractivity contribution >= 4 is 15.9 Å². The van der Waals surface area contributed by atoms with E-state index < -0.39 is 11.7 Å². The van der Waals surface area contributed by atoms with Crippen LogP contribution in [0.5, 0.6) is 0 Å². The average molecular weight is 358 g/mol. The Balaban J connectivity index is 2.21. The largest absolute Gasteiger partial charge is 0.416 e. The third-order valence-corrected chi connectivity index (χ3v) is 3.95. The molecule has 0 saturated carbocycles. The van der Waals surface area contributed by atoms with Gasteiger partial charge in [-0.05, 0) is 42.2 Å². The lowest BCUT2D eigenvalue weighted by Gasteiger charge is -2.15. The second-order valence-corrected chi connectivity index (χ2v) is 5.89. The van der Waals surface area contributed by atoms with Crippen molar-refractivity contribution in [2.45, 2.75) is 25.6 Å². The first-order chi connectivity index (χ1) is 9.77. The van der Waals surface area contributed by atoms with Gasteiger partial charge in [0.25, 0.3) is 0 Å². The van der Waals surface area contributed by atoms with Gasteiger partial charge in [0.2, 0.25) is 0 Å². The zero-order valence-corrected chi connectivity index (χ0v) is 13.0. The van der Waals surface area contributed by atoms with E-state index in [4.69, 9.17) is 5.73 Å². The van der Waals surface area contributed by atoms with Gasteiger partial charge in [0, 0.05) is 10.5 Å². The second-order valence-electron chi connectivity index (χ2n) is 5.03. The second kappa shape index (κ2) is 6.20. The number of hydrogen-bond acceptors (Lipinski definition) is 1. The lowest BCUT2D eigenvalue weighted by Crippen LogP contribution is -2.14. The zero-order valence-electron chi connectivity index (χ0n) is 11.4. The fourth-order valence-corrected chi connectivity index (χ4v) is 2.96. The lowest BCUT2D eigenvalue weighted by molar-refractivity contribution is -0.137. The van der Waals surface area contributed by atoms with Crippen molar-refractivity contribution < 1.29 is 13.2 Å². The Labute approximate surface area is 130 Å². The van der Waals surface area contributed by atoms with Crippen molar-refractivity contribution in [2.24, 2.45) is 5.73 Å². The predicted octanol–water partition coefficient (Wildman–Crippen LogP) is 5.02. The molecule has 0 radical (unpaired) electrons. The summed E-state index contributed by atoms with van der Waals surface area (Å²) in [5.41, 5.74) is 8.04. The van der Waals surface area contributed by atoms with Crippen molar-refractivity contribution in [3.8, 4) is 0 Å². The molecule has 0 aliphatic rings.